The number of carbonyl (C=O) groups is 1. The third kappa shape index (κ3) is 3.47. The lowest BCUT2D eigenvalue weighted by molar-refractivity contribution is 0.0527. The van der Waals surface area contributed by atoms with Crippen molar-refractivity contribution in [1.82, 2.24) is 4.98 Å². The number of pyridine rings is 1. The molecule has 0 amide bonds. The molecule has 0 aliphatic heterocycles. The van der Waals surface area contributed by atoms with Gasteiger partial charge in [-0.15, -0.1) is 0 Å². The number of fused-ring (bicyclic) bond motifs is 1. The van der Waals surface area contributed by atoms with Gasteiger partial charge in [-0.05, 0) is 43.2 Å². The number of ether oxygens (including phenoxy) is 2. The van der Waals surface area contributed by atoms with Crippen LogP contribution in [0.3, 0.4) is 0 Å². The van der Waals surface area contributed by atoms with Crippen LogP contribution in [-0.4, -0.2) is 24.7 Å². The van der Waals surface area contributed by atoms with Gasteiger partial charge < -0.3 is 14.8 Å². The van der Waals surface area contributed by atoms with E-state index >= 15 is 0 Å². The zero-order valence-corrected chi connectivity index (χ0v) is 15.2. The van der Waals surface area contributed by atoms with Gasteiger partial charge in [-0.3, -0.25) is 4.98 Å². The second-order valence-corrected chi connectivity index (χ2v) is 5.79. The predicted octanol–water partition coefficient (Wildman–Crippen LogP) is 4.73. The number of nitrogens with zero attached hydrogens (tertiary/aromatic N) is 1. The zero-order chi connectivity index (χ0) is 18.5. The van der Waals surface area contributed by atoms with Gasteiger partial charge in [-0.25, -0.2) is 4.79 Å². The Morgan fingerprint density at radius 1 is 1.12 bits per heavy atom. The summed E-state index contributed by atoms with van der Waals surface area (Å²) in [6, 6.07) is 13.6. The molecule has 3 rings (SSSR count). The van der Waals surface area contributed by atoms with Crippen molar-refractivity contribution < 1.29 is 14.3 Å². The van der Waals surface area contributed by atoms with Crippen LogP contribution >= 0.6 is 0 Å². The zero-order valence-electron chi connectivity index (χ0n) is 15.2. The molecule has 0 saturated carbocycles. The van der Waals surface area contributed by atoms with Crippen LogP contribution in [0.4, 0.5) is 11.4 Å². The quantitative estimate of drug-likeness (QED) is 0.652. The standard InChI is InChI=1S/C21H22N2O3/c1-4-14-7-6-8-17-19(14)22-13-18(21(24)26-5-2)20(17)23-15-9-11-16(25-3)12-10-15/h6-13H,4-5H2,1-3H3,(H,22,23). The highest BCUT2D eigenvalue weighted by molar-refractivity contribution is 6.06. The lowest BCUT2D eigenvalue weighted by Crippen LogP contribution is -2.09. The molecule has 1 N–H and O–H groups in total. The van der Waals surface area contributed by atoms with Crippen LogP contribution in [-0.2, 0) is 11.2 Å². The van der Waals surface area contributed by atoms with E-state index < -0.39 is 0 Å². The number of anilines is 2. The van der Waals surface area contributed by atoms with Crippen LogP contribution in [0.2, 0.25) is 0 Å². The molecule has 1 aromatic heterocycles. The number of aryl methyl sites for hydroxylation is 1. The Kier molecular flexibility index (Phi) is 5.37. The number of aromatic nitrogens is 1. The van der Waals surface area contributed by atoms with Gasteiger partial charge in [-0.1, -0.05) is 25.1 Å². The van der Waals surface area contributed by atoms with Crippen molar-refractivity contribution in [3.63, 3.8) is 0 Å². The van der Waals surface area contributed by atoms with E-state index in [1.807, 2.05) is 36.4 Å². The molecule has 1 heterocycles. The molecule has 0 radical (unpaired) electrons. The van der Waals surface area contributed by atoms with Gasteiger partial charge in [0.1, 0.15) is 11.3 Å². The molecule has 0 aliphatic rings. The topological polar surface area (TPSA) is 60.5 Å². The monoisotopic (exact) mass is 350 g/mol. The van der Waals surface area contributed by atoms with E-state index in [1.54, 1.807) is 20.2 Å². The highest BCUT2D eigenvalue weighted by Gasteiger charge is 2.18. The van der Waals surface area contributed by atoms with Crippen LogP contribution in [0.1, 0.15) is 29.8 Å². The molecule has 0 bridgehead atoms. The summed E-state index contributed by atoms with van der Waals surface area (Å²) in [5.41, 5.74) is 4.00. The lowest BCUT2D eigenvalue weighted by Gasteiger charge is -2.15. The lowest BCUT2D eigenvalue weighted by atomic mass is 10.0. The predicted molar refractivity (Wildman–Crippen MR) is 103 cm³/mol. The van der Waals surface area contributed by atoms with E-state index in [1.165, 1.54) is 0 Å². The summed E-state index contributed by atoms with van der Waals surface area (Å²) in [6.07, 6.45) is 2.45. The van der Waals surface area contributed by atoms with Crippen LogP contribution < -0.4 is 10.1 Å². The Morgan fingerprint density at radius 3 is 2.54 bits per heavy atom. The van der Waals surface area contributed by atoms with Crippen molar-refractivity contribution in [2.24, 2.45) is 0 Å². The smallest absolute Gasteiger partial charge is 0.341 e. The summed E-state index contributed by atoms with van der Waals surface area (Å²) >= 11 is 0. The Hall–Kier alpha value is -3.08. The maximum Gasteiger partial charge on any atom is 0.341 e. The number of hydrogen-bond acceptors (Lipinski definition) is 5. The molecule has 0 unspecified atom stereocenters. The van der Waals surface area contributed by atoms with Gasteiger partial charge in [0, 0.05) is 17.3 Å². The normalized spacial score (nSPS) is 10.6. The summed E-state index contributed by atoms with van der Waals surface area (Å²) in [5.74, 6) is 0.383. The molecule has 134 valence electrons. The first kappa shape index (κ1) is 17.7. The van der Waals surface area contributed by atoms with Crippen molar-refractivity contribution >= 4 is 28.2 Å². The van der Waals surface area contributed by atoms with E-state index in [-0.39, 0.29) is 5.97 Å². The molecule has 2 aromatic carbocycles. The second kappa shape index (κ2) is 7.87. The average molecular weight is 350 g/mol. The first-order valence-electron chi connectivity index (χ1n) is 8.66. The van der Waals surface area contributed by atoms with Gasteiger partial charge >= 0.3 is 5.97 Å². The molecule has 0 aliphatic carbocycles. The number of carbonyl (C=O) groups excluding carboxylic acids is 1. The fourth-order valence-electron chi connectivity index (χ4n) is 2.89. The Balaban J connectivity index is 2.14. The Labute approximate surface area is 153 Å². The van der Waals surface area contributed by atoms with Gasteiger partial charge in [0.15, 0.2) is 0 Å². The molecule has 0 fully saturated rings. The third-order valence-electron chi connectivity index (χ3n) is 4.22. The van der Waals surface area contributed by atoms with Gasteiger partial charge in [0.2, 0.25) is 0 Å². The molecule has 0 spiro atoms. The fraction of sp³-hybridized carbons (Fsp3) is 0.238. The highest BCUT2D eigenvalue weighted by atomic mass is 16.5. The van der Waals surface area contributed by atoms with Crippen molar-refractivity contribution in [2.45, 2.75) is 20.3 Å². The van der Waals surface area contributed by atoms with E-state index in [9.17, 15) is 4.79 Å². The first-order chi connectivity index (χ1) is 12.7. The summed E-state index contributed by atoms with van der Waals surface area (Å²) in [4.78, 5) is 17.0. The van der Waals surface area contributed by atoms with E-state index in [0.717, 1.165) is 34.3 Å². The van der Waals surface area contributed by atoms with Crippen molar-refractivity contribution in [3.8, 4) is 5.75 Å². The number of nitrogens with one attached hydrogen (secondary N) is 1. The number of methoxy groups -OCH3 is 1. The average Bonchev–Trinajstić information content (AvgIpc) is 2.68. The van der Waals surface area contributed by atoms with Crippen LogP contribution in [0.25, 0.3) is 10.9 Å². The first-order valence-corrected chi connectivity index (χ1v) is 8.66. The third-order valence-corrected chi connectivity index (χ3v) is 4.22. The number of hydrogen-bond donors (Lipinski definition) is 1. The van der Waals surface area contributed by atoms with Crippen LogP contribution in [0.5, 0.6) is 5.75 Å². The summed E-state index contributed by atoms with van der Waals surface area (Å²) < 4.78 is 10.4. The number of benzene rings is 2. The fourth-order valence-corrected chi connectivity index (χ4v) is 2.89. The molecular weight excluding hydrogens is 328 g/mol. The number of esters is 1. The number of para-hydroxylation sites is 1. The molecule has 0 saturated heterocycles. The van der Waals surface area contributed by atoms with Gasteiger partial charge in [0.05, 0.1) is 24.9 Å². The molecule has 26 heavy (non-hydrogen) atoms. The molecule has 5 nitrogen and oxygen atoms in total. The minimum atomic E-state index is -0.389. The van der Waals surface area contributed by atoms with Gasteiger partial charge in [-0.2, -0.15) is 0 Å². The van der Waals surface area contributed by atoms with Crippen molar-refractivity contribution in [2.75, 3.05) is 19.0 Å². The van der Waals surface area contributed by atoms with Gasteiger partial charge in [0.25, 0.3) is 0 Å². The summed E-state index contributed by atoms with van der Waals surface area (Å²) in [5, 5.41) is 4.26. The summed E-state index contributed by atoms with van der Waals surface area (Å²) in [7, 11) is 1.63. The molecular formula is C21H22N2O3. The summed E-state index contributed by atoms with van der Waals surface area (Å²) in [6.45, 7) is 4.19. The van der Waals surface area contributed by atoms with E-state index in [2.05, 4.69) is 23.3 Å². The van der Waals surface area contributed by atoms with Crippen LogP contribution in [0.15, 0.2) is 48.7 Å². The maximum atomic E-state index is 12.4. The SMILES string of the molecule is CCOC(=O)c1cnc2c(CC)cccc2c1Nc1ccc(OC)cc1. The molecule has 3 aromatic rings. The largest absolute Gasteiger partial charge is 0.497 e. The highest BCUT2D eigenvalue weighted by Crippen LogP contribution is 2.32. The van der Waals surface area contributed by atoms with E-state index in [4.69, 9.17) is 9.47 Å². The Bertz CT molecular complexity index is 920. The van der Waals surface area contributed by atoms with E-state index in [0.29, 0.717) is 17.9 Å². The molecule has 0 atom stereocenters. The van der Waals surface area contributed by atoms with Crippen molar-refractivity contribution in [1.29, 1.82) is 0 Å². The molecule has 5 heteroatoms. The Morgan fingerprint density at radius 2 is 1.88 bits per heavy atom. The van der Waals surface area contributed by atoms with Crippen LogP contribution in [0, 0.1) is 0 Å². The minimum absolute atomic E-state index is 0.313. The second-order valence-electron chi connectivity index (χ2n) is 5.79. The van der Waals surface area contributed by atoms with Crippen molar-refractivity contribution in [3.05, 3.63) is 59.8 Å². The minimum Gasteiger partial charge on any atom is -0.497 e. The number of rotatable bonds is 6. The maximum absolute atomic E-state index is 12.4.